The summed E-state index contributed by atoms with van der Waals surface area (Å²) in [6.45, 7) is 5.34. The monoisotopic (exact) mass is 197 g/mol. The van der Waals surface area contributed by atoms with Crippen LogP contribution >= 0.6 is 0 Å². The van der Waals surface area contributed by atoms with Gasteiger partial charge in [0.15, 0.2) is 0 Å². The number of nitrogens with one attached hydrogen (secondary N) is 2. The number of carbonyl (C=O) groups is 1. The topological polar surface area (TPSA) is 64.9 Å². The van der Waals surface area contributed by atoms with Gasteiger partial charge in [0, 0.05) is 25.6 Å². The molecule has 0 saturated heterocycles. The van der Waals surface area contributed by atoms with Gasteiger partial charge in [0.2, 0.25) is 5.91 Å². The second-order valence-electron chi connectivity index (χ2n) is 3.32. The van der Waals surface area contributed by atoms with Crippen molar-refractivity contribution in [1.29, 1.82) is 5.26 Å². The first-order valence-electron chi connectivity index (χ1n) is 5.07. The first-order chi connectivity index (χ1) is 6.70. The lowest BCUT2D eigenvalue weighted by atomic mass is 10.2. The Hall–Kier alpha value is -1.08. The number of amides is 1. The molecule has 0 fully saturated rings. The van der Waals surface area contributed by atoms with Gasteiger partial charge >= 0.3 is 0 Å². The Morgan fingerprint density at radius 2 is 2.21 bits per heavy atom. The molecule has 1 unspecified atom stereocenters. The summed E-state index contributed by atoms with van der Waals surface area (Å²) in [6.07, 6.45) is 1.93. The van der Waals surface area contributed by atoms with Crippen LogP contribution in [0.3, 0.4) is 0 Å². The average molecular weight is 197 g/mol. The lowest BCUT2D eigenvalue weighted by Crippen LogP contribution is -2.32. The van der Waals surface area contributed by atoms with Gasteiger partial charge in [-0.3, -0.25) is 4.79 Å². The van der Waals surface area contributed by atoms with E-state index in [4.69, 9.17) is 5.26 Å². The van der Waals surface area contributed by atoms with E-state index in [1.54, 1.807) is 0 Å². The van der Waals surface area contributed by atoms with Crippen LogP contribution in [0, 0.1) is 11.3 Å². The maximum absolute atomic E-state index is 11.1. The van der Waals surface area contributed by atoms with Crippen LogP contribution in [-0.2, 0) is 4.79 Å². The Labute approximate surface area is 85.7 Å². The van der Waals surface area contributed by atoms with E-state index in [1.807, 2.05) is 13.8 Å². The first-order valence-corrected chi connectivity index (χ1v) is 5.07. The number of hydrogen-bond donors (Lipinski definition) is 2. The molecule has 0 spiro atoms. The second kappa shape index (κ2) is 8.52. The molecule has 0 aliphatic carbocycles. The molecule has 2 N–H and O–H groups in total. The van der Waals surface area contributed by atoms with E-state index in [-0.39, 0.29) is 11.9 Å². The third-order valence-electron chi connectivity index (χ3n) is 1.81. The van der Waals surface area contributed by atoms with Crippen molar-refractivity contribution >= 4 is 5.91 Å². The minimum atomic E-state index is 0.0727. The molecule has 80 valence electrons. The summed E-state index contributed by atoms with van der Waals surface area (Å²) in [5, 5.41) is 14.3. The molecule has 0 saturated carbocycles. The normalized spacial score (nSPS) is 11.8. The predicted molar refractivity (Wildman–Crippen MR) is 55.6 cm³/mol. The summed E-state index contributed by atoms with van der Waals surface area (Å²) >= 11 is 0. The Balaban J connectivity index is 3.35. The van der Waals surface area contributed by atoms with E-state index in [0.717, 1.165) is 13.0 Å². The van der Waals surface area contributed by atoms with Gasteiger partial charge in [-0.05, 0) is 13.3 Å². The molecule has 0 aromatic carbocycles. The van der Waals surface area contributed by atoms with Crippen molar-refractivity contribution in [3.05, 3.63) is 0 Å². The van der Waals surface area contributed by atoms with Crippen LogP contribution in [0.25, 0.3) is 0 Å². The van der Waals surface area contributed by atoms with Crippen molar-refractivity contribution < 1.29 is 4.79 Å². The molecule has 0 aromatic heterocycles. The maximum atomic E-state index is 11.1. The standard InChI is InChI=1S/C10H19N3O/c1-3-7-13-10(14)5-8-12-9(2)4-6-11/h9,12H,3-5,7-8H2,1-2H3,(H,13,14). The Morgan fingerprint density at radius 1 is 1.50 bits per heavy atom. The van der Waals surface area contributed by atoms with E-state index in [9.17, 15) is 4.79 Å². The van der Waals surface area contributed by atoms with Gasteiger partial charge in [-0.15, -0.1) is 0 Å². The average Bonchev–Trinajstić information content (AvgIpc) is 2.15. The van der Waals surface area contributed by atoms with Crippen LogP contribution in [0.1, 0.15) is 33.1 Å². The van der Waals surface area contributed by atoms with E-state index in [2.05, 4.69) is 16.7 Å². The van der Waals surface area contributed by atoms with Crippen LogP contribution in [0.15, 0.2) is 0 Å². The lowest BCUT2D eigenvalue weighted by Gasteiger charge is -2.09. The molecule has 0 aromatic rings. The van der Waals surface area contributed by atoms with Crippen molar-refractivity contribution in [2.45, 2.75) is 39.2 Å². The van der Waals surface area contributed by atoms with Gasteiger partial charge in [-0.2, -0.15) is 5.26 Å². The fourth-order valence-corrected chi connectivity index (χ4v) is 0.994. The van der Waals surface area contributed by atoms with Crippen LogP contribution in [0.4, 0.5) is 0 Å². The minimum absolute atomic E-state index is 0.0727. The van der Waals surface area contributed by atoms with Gasteiger partial charge in [0.05, 0.1) is 12.5 Å². The molecule has 0 aliphatic heterocycles. The molecular formula is C10H19N3O. The Kier molecular flexibility index (Phi) is 7.86. The molecule has 4 heteroatoms. The van der Waals surface area contributed by atoms with Crippen molar-refractivity contribution in [2.75, 3.05) is 13.1 Å². The van der Waals surface area contributed by atoms with Crippen LogP contribution in [0.5, 0.6) is 0 Å². The number of carbonyl (C=O) groups excluding carboxylic acids is 1. The third kappa shape index (κ3) is 7.56. The largest absolute Gasteiger partial charge is 0.356 e. The number of hydrogen-bond acceptors (Lipinski definition) is 3. The summed E-state index contributed by atoms with van der Waals surface area (Å²) in [7, 11) is 0. The van der Waals surface area contributed by atoms with Gasteiger partial charge in [-0.25, -0.2) is 0 Å². The second-order valence-corrected chi connectivity index (χ2v) is 3.32. The summed E-state index contributed by atoms with van der Waals surface area (Å²) in [6, 6.07) is 2.24. The smallest absolute Gasteiger partial charge is 0.221 e. The summed E-state index contributed by atoms with van der Waals surface area (Å²) in [4.78, 5) is 11.1. The zero-order chi connectivity index (χ0) is 10.8. The van der Waals surface area contributed by atoms with Gasteiger partial charge in [0.25, 0.3) is 0 Å². The number of nitrogens with zero attached hydrogens (tertiary/aromatic N) is 1. The third-order valence-corrected chi connectivity index (χ3v) is 1.81. The van der Waals surface area contributed by atoms with E-state index in [1.165, 1.54) is 0 Å². The molecule has 0 aliphatic rings. The summed E-state index contributed by atoms with van der Waals surface area (Å²) in [5.41, 5.74) is 0. The highest BCUT2D eigenvalue weighted by molar-refractivity contribution is 5.75. The van der Waals surface area contributed by atoms with E-state index >= 15 is 0 Å². The minimum Gasteiger partial charge on any atom is -0.356 e. The van der Waals surface area contributed by atoms with Crippen LogP contribution < -0.4 is 10.6 Å². The summed E-state index contributed by atoms with van der Waals surface area (Å²) < 4.78 is 0. The molecule has 1 atom stereocenters. The summed E-state index contributed by atoms with van der Waals surface area (Å²) in [5.74, 6) is 0.0727. The quantitative estimate of drug-likeness (QED) is 0.634. The molecule has 0 heterocycles. The van der Waals surface area contributed by atoms with Crippen molar-refractivity contribution in [1.82, 2.24) is 10.6 Å². The fraction of sp³-hybridized carbons (Fsp3) is 0.800. The molecule has 4 nitrogen and oxygen atoms in total. The molecular weight excluding hydrogens is 178 g/mol. The SMILES string of the molecule is CCCNC(=O)CCNC(C)CC#N. The van der Waals surface area contributed by atoms with Gasteiger partial charge < -0.3 is 10.6 Å². The maximum Gasteiger partial charge on any atom is 0.221 e. The molecule has 14 heavy (non-hydrogen) atoms. The molecule has 0 bridgehead atoms. The Morgan fingerprint density at radius 3 is 2.79 bits per heavy atom. The highest BCUT2D eigenvalue weighted by Gasteiger charge is 2.02. The first kappa shape index (κ1) is 12.9. The molecule has 0 rings (SSSR count). The Bertz CT molecular complexity index is 198. The van der Waals surface area contributed by atoms with Gasteiger partial charge in [-0.1, -0.05) is 6.92 Å². The van der Waals surface area contributed by atoms with Gasteiger partial charge in [0.1, 0.15) is 0 Å². The van der Waals surface area contributed by atoms with E-state index in [0.29, 0.717) is 19.4 Å². The predicted octanol–water partition coefficient (Wildman–Crippen LogP) is 0.794. The van der Waals surface area contributed by atoms with Crippen molar-refractivity contribution in [3.8, 4) is 6.07 Å². The highest BCUT2D eigenvalue weighted by atomic mass is 16.1. The number of rotatable bonds is 7. The molecule has 0 radical (unpaired) electrons. The van der Waals surface area contributed by atoms with Crippen molar-refractivity contribution in [2.24, 2.45) is 0 Å². The van der Waals surface area contributed by atoms with Crippen LogP contribution in [0.2, 0.25) is 0 Å². The van der Waals surface area contributed by atoms with Crippen molar-refractivity contribution in [3.63, 3.8) is 0 Å². The zero-order valence-corrected chi connectivity index (χ0v) is 8.97. The lowest BCUT2D eigenvalue weighted by molar-refractivity contribution is -0.121. The highest BCUT2D eigenvalue weighted by Crippen LogP contribution is 1.88. The zero-order valence-electron chi connectivity index (χ0n) is 8.97. The van der Waals surface area contributed by atoms with E-state index < -0.39 is 0 Å². The fourth-order valence-electron chi connectivity index (χ4n) is 0.994. The van der Waals surface area contributed by atoms with Crippen LogP contribution in [-0.4, -0.2) is 25.0 Å². The molecule has 1 amide bonds. The number of nitriles is 1.